The van der Waals surface area contributed by atoms with Crippen LogP contribution in [0.3, 0.4) is 0 Å². The maximum Gasteiger partial charge on any atom is 0.292 e. The molecule has 4 nitrogen and oxygen atoms in total. The fourth-order valence-corrected chi connectivity index (χ4v) is 2.04. The Kier molecular flexibility index (Phi) is 2.79. The summed E-state index contributed by atoms with van der Waals surface area (Å²) < 4.78 is 10.7. The van der Waals surface area contributed by atoms with Gasteiger partial charge in [0.2, 0.25) is 0 Å². The minimum absolute atomic E-state index is 0.186. The Hall–Kier alpha value is -1.97. The van der Waals surface area contributed by atoms with Crippen LogP contribution in [0.1, 0.15) is 16.7 Å². The Morgan fingerprint density at radius 2 is 1.94 bits per heavy atom. The van der Waals surface area contributed by atoms with Crippen molar-refractivity contribution in [3.63, 3.8) is 0 Å². The predicted octanol–water partition coefficient (Wildman–Crippen LogP) is 2.86. The van der Waals surface area contributed by atoms with E-state index in [4.69, 9.17) is 14.9 Å². The Morgan fingerprint density at radius 1 is 1.24 bits per heavy atom. The van der Waals surface area contributed by atoms with Gasteiger partial charge in [-0.05, 0) is 43.5 Å². The van der Waals surface area contributed by atoms with E-state index in [0.717, 1.165) is 28.0 Å². The first-order chi connectivity index (χ1) is 8.04. The lowest BCUT2D eigenvalue weighted by Gasteiger charge is -2.14. The van der Waals surface area contributed by atoms with Crippen LogP contribution in [-0.2, 0) is 0 Å². The quantitative estimate of drug-likeness (QED) is 0.864. The van der Waals surface area contributed by atoms with E-state index in [-0.39, 0.29) is 6.01 Å². The first-order valence-corrected chi connectivity index (χ1v) is 5.41. The Labute approximate surface area is 100 Å². The van der Waals surface area contributed by atoms with Crippen molar-refractivity contribution in [2.45, 2.75) is 20.8 Å². The van der Waals surface area contributed by atoms with Gasteiger partial charge in [0, 0.05) is 5.56 Å². The largest absolute Gasteiger partial charge is 0.496 e. The molecule has 17 heavy (non-hydrogen) atoms. The van der Waals surface area contributed by atoms with Gasteiger partial charge < -0.3 is 14.9 Å². The monoisotopic (exact) mass is 232 g/mol. The summed E-state index contributed by atoms with van der Waals surface area (Å²) >= 11 is 0. The van der Waals surface area contributed by atoms with Crippen LogP contribution in [0, 0.1) is 20.8 Å². The van der Waals surface area contributed by atoms with Crippen molar-refractivity contribution in [1.82, 2.24) is 4.98 Å². The molecule has 0 bridgehead atoms. The number of aromatic nitrogens is 1. The molecule has 0 spiro atoms. The maximum atomic E-state index is 5.50. The molecular formula is C13H16N2O2. The van der Waals surface area contributed by atoms with Crippen LogP contribution in [0.5, 0.6) is 5.75 Å². The SMILES string of the molecule is COc1c(C)cc(-c2cnc(N)o2)c(C)c1C. The topological polar surface area (TPSA) is 61.3 Å². The molecular weight excluding hydrogens is 216 g/mol. The molecule has 0 unspecified atom stereocenters. The van der Waals surface area contributed by atoms with Crippen molar-refractivity contribution in [1.29, 1.82) is 0 Å². The highest BCUT2D eigenvalue weighted by atomic mass is 16.5. The zero-order valence-electron chi connectivity index (χ0n) is 10.5. The molecule has 0 aliphatic rings. The molecule has 0 saturated carbocycles. The van der Waals surface area contributed by atoms with E-state index in [0.29, 0.717) is 5.76 Å². The fraction of sp³-hybridized carbons (Fsp3) is 0.308. The molecule has 1 aromatic carbocycles. The molecule has 0 amide bonds. The summed E-state index contributed by atoms with van der Waals surface area (Å²) in [5.74, 6) is 1.60. The van der Waals surface area contributed by atoms with E-state index in [1.807, 2.05) is 26.8 Å². The number of nitrogen functional groups attached to an aromatic ring is 1. The van der Waals surface area contributed by atoms with Crippen molar-refractivity contribution in [3.8, 4) is 17.1 Å². The lowest BCUT2D eigenvalue weighted by molar-refractivity contribution is 0.408. The van der Waals surface area contributed by atoms with Crippen molar-refractivity contribution in [3.05, 3.63) is 29.0 Å². The Balaban J connectivity index is 2.64. The van der Waals surface area contributed by atoms with Crippen LogP contribution in [0.4, 0.5) is 6.01 Å². The smallest absolute Gasteiger partial charge is 0.292 e. The van der Waals surface area contributed by atoms with Gasteiger partial charge in [0.15, 0.2) is 5.76 Å². The third-order valence-corrected chi connectivity index (χ3v) is 3.02. The van der Waals surface area contributed by atoms with Crippen LogP contribution in [0.15, 0.2) is 16.7 Å². The van der Waals surface area contributed by atoms with Crippen molar-refractivity contribution >= 4 is 6.01 Å². The number of methoxy groups -OCH3 is 1. The van der Waals surface area contributed by atoms with Gasteiger partial charge >= 0.3 is 0 Å². The number of nitrogens with zero attached hydrogens (tertiary/aromatic N) is 1. The number of hydrogen-bond acceptors (Lipinski definition) is 4. The molecule has 0 fully saturated rings. The van der Waals surface area contributed by atoms with Gasteiger partial charge in [0.25, 0.3) is 6.01 Å². The molecule has 4 heteroatoms. The minimum atomic E-state index is 0.186. The average molecular weight is 232 g/mol. The molecule has 0 aliphatic heterocycles. The standard InChI is InChI=1S/C13H16N2O2/c1-7-5-10(11-6-15-13(14)17-11)8(2)9(3)12(7)16-4/h5-6H,1-4H3,(H2,14,15). The Morgan fingerprint density at radius 3 is 2.47 bits per heavy atom. The van der Waals surface area contributed by atoms with E-state index in [1.54, 1.807) is 13.3 Å². The van der Waals surface area contributed by atoms with E-state index in [1.165, 1.54) is 0 Å². The molecule has 0 saturated heterocycles. The highest BCUT2D eigenvalue weighted by molar-refractivity contribution is 5.68. The third-order valence-electron chi connectivity index (χ3n) is 3.02. The van der Waals surface area contributed by atoms with Gasteiger partial charge in [-0.25, -0.2) is 4.98 Å². The second-order valence-electron chi connectivity index (χ2n) is 4.09. The molecule has 2 rings (SSSR count). The van der Waals surface area contributed by atoms with Gasteiger partial charge in [0.05, 0.1) is 13.3 Å². The molecule has 90 valence electrons. The van der Waals surface area contributed by atoms with Gasteiger partial charge in [-0.15, -0.1) is 0 Å². The van der Waals surface area contributed by atoms with Crippen molar-refractivity contribution in [2.75, 3.05) is 12.8 Å². The van der Waals surface area contributed by atoms with E-state index >= 15 is 0 Å². The summed E-state index contributed by atoms with van der Waals surface area (Å²) in [5.41, 5.74) is 9.79. The molecule has 1 heterocycles. The van der Waals surface area contributed by atoms with Crippen LogP contribution in [0.2, 0.25) is 0 Å². The molecule has 1 aromatic heterocycles. The summed E-state index contributed by atoms with van der Waals surface area (Å²) in [6.07, 6.45) is 1.64. The Bertz CT molecular complexity index is 559. The second-order valence-corrected chi connectivity index (χ2v) is 4.09. The molecule has 0 atom stereocenters. The average Bonchev–Trinajstić information content (AvgIpc) is 2.71. The molecule has 2 N–H and O–H groups in total. The van der Waals surface area contributed by atoms with Crippen molar-refractivity contribution < 1.29 is 9.15 Å². The highest BCUT2D eigenvalue weighted by Gasteiger charge is 2.14. The first-order valence-electron chi connectivity index (χ1n) is 5.41. The number of benzene rings is 1. The minimum Gasteiger partial charge on any atom is -0.496 e. The number of oxazole rings is 1. The fourth-order valence-electron chi connectivity index (χ4n) is 2.04. The second kappa shape index (κ2) is 4.13. The number of anilines is 1. The predicted molar refractivity (Wildman–Crippen MR) is 67.1 cm³/mol. The zero-order chi connectivity index (χ0) is 12.6. The zero-order valence-corrected chi connectivity index (χ0v) is 10.5. The number of nitrogens with two attached hydrogens (primary N) is 1. The summed E-state index contributed by atoms with van der Waals surface area (Å²) in [6, 6.07) is 2.21. The number of aryl methyl sites for hydroxylation is 1. The van der Waals surface area contributed by atoms with E-state index in [9.17, 15) is 0 Å². The number of ether oxygens (including phenoxy) is 1. The summed E-state index contributed by atoms with van der Waals surface area (Å²) in [4.78, 5) is 3.92. The third kappa shape index (κ3) is 1.86. The van der Waals surface area contributed by atoms with Gasteiger partial charge in [-0.3, -0.25) is 0 Å². The lowest BCUT2D eigenvalue weighted by Crippen LogP contribution is -1.96. The van der Waals surface area contributed by atoms with Crippen LogP contribution in [-0.4, -0.2) is 12.1 Å². The summed E-state index contributed by atoms with van der Waals surface area (Å²) in [6.45, 7) is 6.07. The maximum absolute atomic E-state index is 5.50. The number of hydrogen-bond donors (Lipinski definition) is 1. The number of rotatable bonds is 2. The summed E-state index contributed by atoms with van der Waals surface area (Å²) in [5, 5.41) is 0. The molecule has 2 aromatic rings. The van der Waals surface area contributed by atoms with Gasteiger partial charge in [-0.1, -0.05) is 0 Å². The van der Waals surface area contributed by atoms with Crippen LogP contribution < -0.4 is 10.5 Å². The van der Waals surface area contributed by atoms with Crippen molar-refractivity contribution in [2.24, 2.45) is 0 Å². The van der Waals surface area contributed by atoms with Crippen LogP contribution >= 0.6 is 0 Å². The molecule has 0 aliphatic carbocycles. The van der Waals surface area contributed by atoms with Gasteiger partial charge in [0.1, 0.15) is 5.75 Å². The first kappa shape index (κ1) is 11.5. The highest BCUT2D eigenvalue weighted by Crippen LogP contribution is 2.34. The molecule has 0 radical (unpaired) electrons. The normalized spacial score (nSPS) is 10.6. The van der Waals surface area contributed by atoms with E-state index < -0.39 is 0 Å². The van der Waals surface area contributed by atoms with Crippen LogP contribution in [0.25, 0.3) is 11.3 Å². The lowest BCUT2D eigenvalue weighted by atomic mass is 9.97. The summed E-state index contributed by atoms with van der Waals surface area (Å²) in [7, 11) is 1.68. The van der Waals surface area contributed by atoms with Gasteiger partial charge in [-0.2, -0.15) is 0 Å². The van der Waals surface area contributed by atoms with E-state index in [2.05, 4.69) is 4.98 Å².